The Morgan fingerprint density at radius 3 is 2.56 bits per heavy atom. The van der Waals surface area contributed by atoms with E-state index in [0.717, 1.165) is 5.56 Å². The molecule has 3 N–H and O–H groups in total. The molecule has 1 rings (SSSR count). The number of nitrogens with zero attached hydrogens (tertiary/aromatic N) is 2. The van der Waals surface area contributed by atoms with Crippen molar-refractivity contribution in [3.63, 3.8) is 0 Å². The van der Waals surface area contributed by atoms with Crippen molar-refractivity contribution >= 4 is 23.3 Å². The van der Waals surface area contributed by atoms with E-state index in [2.05, 4.69) is 15.3 Å². The average molecular weight is 271 g/mol. The molecule has 0 bridgehead atoms. The van der Waals surface area contributed by atoms with Crippen molar-refractivity contribution in [1.82, 2.24) is 9.97 Å². The van der Waals surface area contributed by atoms with Crippen molar-refractivity contribution in [2.75, 3.05) is 5.32 Å². The molecule has 0 atom stereocenters. The van der Waals surface area contributed by atoms with Gasteiger partial charge in [0.2, 0.25) is 5.91 Å². The number of hydrogen-bond acceptors (Lipinski definition) is 4. The van der Waals surface area contributed by atoms with Crippen LogP contribution in [0.1, 0.15) is 38.6 Å². The van der Waals surface area contributed by atoms with Gasteiger partial charge in [-0.05, 0) is 20.8 Å². The Balaban J connectivity index is 3.03. The molecule has 0 unspecified atom stereocenters. The van der Waals surface area contributed by atoms with E-state index in [4.69, 9.17) is 17.3 Å². The maximum atomic E-state index is 11.0. The van der Waals surface area contributed by atoms with E-state index in [1.165, 1.54) is 0 Å². The first-order valence-corrected chi connectivity index (χ1v) is 6.22. The van der Waals surface area contributed by atoms with Crippen LogP contribution in [-0.2, 0) is 11.2 Å². The van der Waals surface area contributed by atoms with Crippen LogP contribution in [0.5, 0.6) is 0 Å². The van der Waals surface area contributed by atoms with E-state index < -0.39 is 5.54 Å². The predicted molar refractivity (Wildman–Crippen MR) is 72.7 cm³/mol. The highest BCUT2D eigenvalue weighted by Gasteiger charge is 2.22. The van der Waals surface area contributed by atoms with Gasteiger partial charge < -0.3 is 11.1 Å². The van der Waals surface area contributed by atoms with Gasteiger partial charge in [0.25, 0.3) is 0 Å². The summed E-state index contributed by atoms with van der Waals surface area (Å²) in [6, 6.07) is 0. The molecule has 1 aromatic rings. The molecule has 0 spiro atoms. The standard InChI is InChI=1S/C12H19ClN4O/c1-5-9-15-10(13)7(2)11(16-9)17-12(3,4)6-8(14)18/h5-6H2,1-4H3,(H2,14,18)(H,15,16,17). The lowest BCUT2D eigenvalue weighted by atomic mass is 10.00. The number of hydrogen-bond donors (Lipinski definition) is 2. The predicted octanol–water partition coefficient (Wildman–Crippen LogP) is 2.07. The quantitative estimate of drug-likeness (QED) is 0.803. The largest absolute Gasteiger partial charge is 0.370 e. The molecule has 1 heterocycles. The average Bonchev–Trinajstić information content (AvgIpc) is 2.22. The lowest BCUT2D eigenvalue weighted by Crippen LogP contribution is -2.36. The van der Waals surface area contributed by atoms with Crippen LogP contribution in [0.3, 0.4) is 0 Å². The molecule has 5 nitrogen and oxygen atoms in total. The number of nitrogens with one attached hydrogen (secondary N) is 1. The van der Waals surface area contributed by atoms with E-state index in [1.807, 2.05) is 27.7 Å². The number of anilines is 1. The Morgan fingerprint density at radius 2 is 2.06 bits per heavy atom. The molecule has 0 aliphatic carbocycles. The lowest BCUT2D eigenvalue weighted by molar-refractivity contribution is -0.118. The van der Waals surface area contributed by atoms with Crippen LogP contribution in [0.15, 0.2) is 0 Å². The number of rotatable bonds is 5. The molecule has 0 fully saturated rings. The van der Waals surface area contributed by atoms with Gasteiger partial charge in [0, 0.05) is 23.9 Å². The number of carbonyl (C=O) groups is 1. The second-order valence-electron chi connectivity index (χ2n) is 4.91. The number of nitrogens with two attached hydrogens (primary N) is 1. The smallest absolute Gasteiger partial charge is 0.219 e. The zero-order valence-corrected chi connectivity index (χ0v) is 11.9. The van der Waals surface area contributed by atoms with Crippen LogP contribution in [-0.4, -0.2) is 21.4 Å². The second-order valence-corrected chi connectivity index (χ2v) is 5.27. The van der Waals surface area contributed by atoms with Crippen LogP contribution in [0.4, 0.5) is 5.82 Å². The number of primary amides is 1. The summed E-state index contributed by atoms with van der Waals surface area (Å²) in [7, 11) is 0. The first kappa shape index (κ1) is 14.7. The zero-order chi connectivity index (χ0) is 13.9. The van der Waals surface area contributed by atoms with Crippen LogP contribution in [0, 0.1) is 6.92 Å². The molecule has 6 heteroatoms. The first-order chi connectivity index (χ1) is 8.25. The molecule has 0 saturated heterocycles. The van der Waals surface area contributed by atoms with Crippen molar-refractivity contribution in [2.45, 2.75) is 46.1 Å². The van der Waals surface area contributed by atoms with E-state index in [9.17, 15) is 4.79 Å². The Kier molecular flexibility index (Phi) is 4.51. The fourth-order valence-corrected chi connectivity index (χ4v) is 1.80. The Hall–Kier alpha value is -1.36. The SMILES string of the molecule is CCc1nc(Cl)c(C)c(NC(C)(C)CC(N)=O)n1. The van der Waals surface area contributed by atoms with Crippen molar-refractivity contribution in [3.05, 3.63) is 16.5 Å². The van der Waals surface area contributed by atoms with Gasteiger partial charge in [-0.3, -0.25) is 4.79 Å². The van der Waals surface area contributed by atoms with E-state index >= 15 is 0 Å². The maximum absolute atomic E-state index is 11.0. The minimum absolute atomic E-state index is 0.218. The molecular weight excluding hydrogens is 252 g/mol. The summed E-state index contributed by atoms with van der Waals surface area (Å²) >= 11 is 6.05. The van der Waals surface area contributed by atoms with Gasteiger partial charge in [-0.1, -0.05) is 18.5 Å². The summed E-state index contributed by atoms with van der Waals surface area (Å²) in [6.45, 7) is 7.57. The monoisotopic (exact) mass is 270 g/mol. The van der Waals surface area contributed by atoms with Crippen LogP contribution < -0.4 is 11.1 Å². The zero-order valence-electron chi connectivity index (χ0n) is 11.2. The third kappa shape index (κ3) is 3.84. The van der Waals surface area contributed by atoms with Crippen molar-refractivity contribution < 1.29 is 4.79 Å². The molecule has 0 radical (unpaired) electrons. The summed E-state index contributed by atoms with van der Waals surface area (Å²) in [4.78, 5) is 19.6. The molecule has 0 aromatic carbocycles. The van der Waals surface area contributed by atoms with Crippen molar-refractivity contribution in [3.8, 4) is 0 Å². The molecule has 18 heavy (non-hydrogen) atoms. The number of aromatic nitrogens is 2. The fourth-order valence-electron chi connectivity index (χ4n) is 1.61. The molecule has 1 aromatic heterocycles. The topological polar surface area (TPSA) is 80.9 Å². The van der Waals surface area contributed by atoms with Crippen LogP contribution >= 0.6 is 11.6 Å². The summed E-state index contributed by atoms with van der Waals surface area (Å²) in [5, 5.41) is 3.63. The Morgan fingerprint density at radius 1 is 1.44 bits per heavy atom. The third-order valence-electron chi connectivity index (χ3n) is 2.52. The maximum Gasteiger partial charge on any atom is 0.219 e. The molecule has 0 aliphatic heterocycles. The van der Waals surface area contributed by atoms with Gasteiger partial charge in [-0.15, -0.1) is 0 Å². The van der Waals surface area contributed by atoms with Gasteiger partial charge in [0.15, 0.2) is 0 Å². The number of amides is 1. The fraction of sp³-hybridized carbons (Fsp3) is 0.583. The van der Waals surface area contributed by atoms with E-state index in [0.29, 0.717) is 23.2 Å². The van der Waals surface area contributed by atoms with Gasteiger partial charge in [0.05, 0.1) is 0 Å². The summed E-state index contributed by atoms with van der Waals surface area (Å²) in [5.41, 5.74) is 5.52. The van der Waals surface area contributed by atoms with Gasteiger partial charge in [0.1, 0.15) is 16.8 Å². The Labute approximate surface area is 112 Å². The Bertz CT molecular complexity index is 460. The number of halogens is 1. The molecule has 0 saturated carbocycles. The number of aryl methyl sites for hydroxylation is 1. The summed E-state index contributed by atoms with van der Waals surface area (Å²) in [5.74, 6) is 0.960. The molecular formula is C12H19ClN4O. The van der Waals surface area contributed by atoms with Crippen molar-refractivity contribution in [2.24, 2.45) is 5.73 Å². The van der Waals surface area contributed by atoms with Gasteiger partial charge in [-0.2, -0.15) is 0 Å². The normalized spacial score (nSPS) is 11.4. The summed E-state index contributed by atoms with van der Waals surface area (Å²) in [6.07, 6.45) is 0.917. The lowest BCUT2D eigenvalue weighted by Gasteiger charge is -2.26. The molecule has 100 valence electrons. The van der Waals surface area contributed by atoms with E-state index in [1.54, 1.807) is 0 Å². The highest BCUT2D eigenvalue weighted by molar-refractivity contribution is 6.30. The summed E-state index contributed by atoms with van der Waals surface area (Å²) < 4.78 is 0. The van der Waals surface area contributed by atoms with Crippen LogP contribution in [0.2, 0.25) is 5.15 Å². The molecule has 0 aliphatic rings. The van der Waals surface area contributed by atoms with Crippen LogP contribution in [0.25, 0.3) is 0 Å². The van der Waals surface area contributed by atoms with E-state index in [-0.39, 0.29) is 12.3 Å². The highest BCUT2D eigenvalue weighted by Crippen LogP contribution is 2.24. The minimum atomic E-state index is -0.473. The molecule has 1 amide bonds. The van der Waals surface area contributed by atoms with Crippen molar-refractivity contribution in [1.29, 1.82) is 0 Å². The minimum Gasteiger partial charge on any atom is -0.370 e. The second kappa shape index (κ2) is 5.52. The highest BCUT2D eigenvalue weighted by atomic mass is 35.5. The van der Waals surface area contributed by atoms with Gasteiger partial charge in [-0.25, -0.2) is 9.97 Å². The number of carbonyl (C=O) groups excluding carboxylic acids is 1. The van der Waals surface area contributed by atoms with Gasteiger partial charge >= 0.3 is 0 Å². The third-order valence-corrected chi connectivity index (χ3v) is 2.89. The first-order valence-electron chi connectivity index (χ1n) is 5.84.